The number of nitrogens with one attached hydrogen (secondary N) is 1. The van der Waals surface area contributed by atoms with Crippen LogP contribution in [0, 0.1) is 0 Å². The van der Waals surface area contributed by atoms with Gasteiger partial charge in [-0.2, -0.15) is 0 Å². The van der Waals surface area contributed by atoms with Crippen LogP contribution in [0.2, 0.25) is 0 Å². The minimum Gasteiger partial charge on any atom is -0.464 e. The third-order valence-electron chi connectivity index (χ3n) is 4.05. The highest BCUT2D eigenvalue weighted by Gasteiger charge is 2.37. The molecule has 1 aromatic carbocycles. The number of halogens is 1. The molecule has 1 heterocycles. The highest BCUT2D eigenvalue weighted by molar-refractivity contribution is 14.1. The molecule has 24 heavy (non-hydrogen) atoms. The van der Waals surface area contributed by atoms with Crippen molar-refractivity contribution in [3.8, 4) is 0 Å². The van der Waals surface area contributed by atoms with Crippen LogP contribution in [0.4, 0.5) is 0 Å². The van der Waals surface area contributed by atoms with Crippen molar-refractivity contribution in [2.24, 2.45) is 0 Å². The van der Waals surface area contributed by atoms with E-state index >= 15 is 0 Å². The van der Waals surface area contributed by atoms with E-state index in [1.54, 1.807) is 13.8 Å². The molecular formula is C18H24INO4. The summed E-state index contributed by atoms with van der Waals surface area (Å²) in [5, 5.41) is 3.30. The van der Waals surface area contributed by atoms with Crippen molar-refractivity contribution in [3.05, 3.63) is 35.9 Å². The zero-order valence-corrected chi connectivity index (χ0v) is 16.3. The lowest BCUT2D eigenvalue weighted by Crippen LogP contribution is -2.43. The van der Waals surface area contributed by atoms with Crippen LogP contribution < -0.4 is 5.32 Å². The maximum Gasteiger partial charge on any atom is 0.321 e. The van der Waals surface area contributed by atoms with Crippen LogP contribution in [0.1, 0.15) is 38.7 Å². The maximum atomic E-state index is 12.3. The Morgan fingerprint density at radius 3 is 2.42 bits per heavy atom. The zero-order valence-electron chi connectivity index (χ0n) is 14.1. The SMILES string of the molecule is CC(C)(I)C(=O)OCCC(=O)OC1(c2ccccc2)CCNCC1. The van der Waals surface area contributed by atoms with E-state index in [-0.39, 0.29) is 25.0 Å². The molecule has 0 amide bonds. The summed E-state index contributed by atoms with van der Waals surface area (Å²) in [5.41, 5.74) is 0.432. The standard InChI is InChI=1S/C18H24INO4/c1-17(2,19)16(22)23-13-8-15(21)24-18(9-11-20-12-10-18)14-6-4-3-5-7-14/h3-7,20H,8-13H2,1-2H3. The van der Waals surface area contributed by atoms with Crippen molar-refractivity contribution in [2.75, 3.05) is 19.7 Å². The number of piperidine rings is 1. The molecule has 1 aliphatic rings. The molecule has 0 aromatic heterocycles. The van der Waals surface area contributed by atoms with Crippen LogP contribution in [0.15, 0.2) is 30.3 Å². The van der Waals surface area contributed by atoms with Gasteiger partial charge in [-0.15, -0.1) is 0 Å². The van der Waals surface area contributed by atoms with E-state index in [0.717, 1.165) is 31.5 Å². The van der Waals surface area contributed by atoms with E-state index in [1.807, 2.05) is 52.9 Å². The van der Waals surface area contributed by atoms with E-state index in [9.17, 15) is 9.59 Å². The fourth-order valence-corrected chi connectivity index (χ4v) is 2.85. The molecular weight excluding hydrogens is 421 g/mol. The highest BCUT2D eigenvalue weighted by Crippen LogP contribution is 2.35. The molecule has 1 fully saturated rings. The minimum absolute atomic E-state index is 0.0488. The summed E-state index contributed by atoms with van der Waals surface area (Å²) in [7, 11) is 0. The molecule has 1 saturated heterocycles. The van der Waals surface area contributed by atoms with E-state index in [1.165, 1.54) is 0 Å². The van der Waals surface area contributed by atoms with E-state index in [4.69, 9.17) is 9.47 Å². The van der Waals surface area contributed by atoms with Gasteiger partial charge in [0.2, 0.25) is 0 Å². The third-order valence-corrected chi connectivity index (χ3v) is 4.49. The Morgan fingerprint density at radius 2 is 1.83 bits per heavy atom. The van der Waals surface area contributed by atoms with Gasteiger partial charge >= 0.3 is 11.9 Å². The summed E-state index contributed by atoms with van der Waals surface area (Å²) in [6.45, 7) is 5.20. The molecule has 0 spiro atoms. The van der Waals surface area contributed by atoms with Gasteiger partial charge < -0.3 is 14.8 Å². The molecule has 5 nitrogen and oxygen atoms in total. The summed E-state index contributed by atoms with van der Waals surface area (Å²) in [6.07, 6.45) is 1.55. The van der Waals surface area contributed by atoms with Crippen LogP contribution >= 0.6 is 22.6 Å². The van der Waals surface area contributed by atoms with Gasteiger partial charge in [-0.3, -0.25) is 9.59 Å². The summed E-state index contributed by atoms with van der Waals surface area (Å²) >= 11 is 2.02. The first kappa shape index (κ1) is 19.2. The van der Waals surface area contributed by atoms with Gasteiger partial charge in [0.1, 0.15) is 15.6 Å². The summed E-state index contributed by atoms with van der Waals surface area (Å²) in [5.74, 6) is -0.657. The van der Waals surface area contributed by atoms with Gasteiger partial charge in [-0.05, 0) is 32.5 Å². The number of benzene rings is 1. The van der Waals surface area contributed by atoms with Crippen molar-refractivity contribution in [1.82, 2.24) is 5.32 Å². The molecule has 1 aliphatic heterocycles. The van der Waals surface area contributed by atoms with E-state index in [0.29, 0.717) is 0 Å². The van der Waals surface area contributed by atoms with Gasteiger partial charge in [-0.25, -0.2) is 0 Å². The predicted octanol–water partition coefficient (Wildman–Crippen LogP) is 2.96. The van der Waals surface area contributed by atoms with Gasteiger partial charge in [0.25, 0.3) is 0 Å². The average Bonchev–Trinajstić information content (AvgIpc) is 2.55. The molecule has 1 aromatic rings. The van der Waals surface area contributed by atoms with E-state index in [2.05, 4.69) is 5.32 Å². The van der Waals surface area contributed by atoms with Crippen LogP contribution in [0.3, 0.4) is 0 Å². The summed E-state index contributed by atoms with van der Waals surface area (Å²) in [4.78, 5) is 24.0. The topological polar surface area (TPSA) is 64.6 Å². The number of hydrogen-bond acceptors (Lipinski definition) is 5. The molecule has 0 saturated carbocycles. The number of carbonyl (C=O) groups is 2. The number of esters is 2. The van der Waals surface area contributed by atoms with Gasteiger partial charge in [-0.1, -0.05) is 52.9 Å². The number of alkyl halides is 1. The fourth-order valence-electron chi connectivity index (χ4n) is 2.69. The molecule has 0 atom stereocenters. The molecule has 2 rings (SSSR count). The average molecular weight is 445 g/mol. The number of ether oxygens (including phenoxy) is 2. The first-order valence-electron chi connectivity index (χ1n) is 8.18. The van der Waals surface area contributed by atoms with Crippen LogP contribution in [0.25, 0.3) is 0 Å². The molecule has 0 unspecified atom stereocenters. The minimum atomic E-state index is -0.595. The lowest BCUT2D eigenvalue weighted by atomic mass is 9.85. The normalized spacial score (nSPS) is 17.1. The Hall–Kier alpha value is -1.15. The second-order valence-electron chi connectivity index (χ2n) is 6.44. The first-order valence-corrected chi connectivity index (χ1v) is 9.26. The van der Waals surface area contributed by atoms with Crippen molar-refractivity contribution < 1.29 is 19.1 Å². The second kappa shape index (κ2) is 8.29. The molecule has 1 N–H and O–H groups in total. The predicted molar refractivity (Wildman–Crippen MR) is 100.0 cm³/mol. The number of hydrogen-bond donors (Lipinski definition) is 1. The maximum absolute atomic E-state index is 12.3. The Bertz CT molecular complexity index is 562. The summed E-state index contributed by atoms with van der Waals surface area (Å²) in [6, 6.07) is 9.86. The Morgan fingerprint density at radius 1 is 1.21 bits per heavy atom. The van der Waals surface area contributed by atoms with Crippen molar-refractivity contribution in [1.29, 1.82) is 0 Å². The molecule has 0 aliphatic carbocycles. The Labute approximate surface area is 156 Å². The van der Waals surface area contributed by atoms with Gasteiger partial charge in [0, 0.05) is 12.8 Å². The smallest absolute Gasteiger partial charge is 0.321 e. The van der Waals surface area contributed by atoms with Gasteiger partial charge in [0.15, 0.2) is 0 Å². The third kappa shape index (κ3) is 5.17. The molecule has 0 bridgehead atoms. The van der Waals surface area contributed by atoms with Crippen LogP contribution in [-0.2, 0) is 24.7 Å². The van der Waals surface area contributed by atoms with Gasteiger partial charge in [0.05, 0.1) is 6.42 Å². The Balaban J connectivity index is 1.95. The molecule has 6 heteroatoms. The second-order valence-corrected chi connectivity index (χ2v) is 9.14. The lowest BCUT2D eigenvalue weighted by molar-refractivity contribution is -0.166. The van der Waals surface area contributed by atoms with Crippen LogP contribution in [0.5, 0.6) is 0 Å². The monoisotopic (exact) mass is 445 g/mol. The Kier molecular flexibility index (Phi) is 6.62. The van der Waals surface area contributed by atoms with Crippen molar-refractivity contribution in [3.63, 3.8) is 0 Å². The zero-order chi connectivity index (χ0) is 17.6. The fraction of sp³-hybridized carbons (Fsp3) is 0.556. The van der Waals surface area contributed by atoms with Crippen LogP contribution in [-0.4, -0.2) is 35.1 Å². The number of rotatable bonds is 6. The molecule has 132 valence electrons. The quantitative estimate of drug-likeness (QED) is 0.415. The summed E-state index contributed by atoms with van der Waals surface area (Å²) < 4.78 is 10.4. The van der Waals surface area contributed by atoms with Crippen molar-refractivity contribution >= 4 is 34.5 Å². The van der Waals surface area contributed by atoms with E-state index < -0.39 is 9.02 Å². The first-order chi connectivity index (χ1) is 11.3. The van der Waals surface area contributed by atoms with Crippen molar-refractivity contribution in [2.45, 2.75) is 42.1 Å². The molecule has 0 radical (unpaired) electrons. The lowest BCUT2D eigenvalue weighted by Gasteiger charge is -2.37. The largest absolute Gasteiger partial charge is 0.464 e. The number of carbonyl (C=O) groups excluding carboxylic acids is 2. The highest BCUT2D eigenvalue weighted by atomic mass is 127.